The Balaban J connectivity index is 3.43. The van der Waals surface area contributed by atoms with Gasteiger partial charge >= 0.3 is 5.97 Å². The van der Waals surface area contributed by atoms with Crippen molar-refractivity contribution in [3.05, 3.63) is 48.6 Å². The summed E-state index contributed by atoms with van der Waals surface area (Å²) < 4.78 is 0. The van der Waals surface area contributed by atoms with E-state index in [4.69, 9.17) is 5.11 Å². The summed E-state index contributed by atoms with van der Waals surface area (Å²) in [5.74, 6) is 5.47. The van der Waals surface area contributed by atoms with Crippen LogP contribution in [0.2, 0.25) is 0 Å². The smallest absolute Gasteiger partial charge is 0.303 e. The topological polar surface area (TPSA) is 37.3 Å². The van der Waals surface area contributed by atoms with Crippen LogP contribution in [0.3, 0.4) is 0 Å². The highest BCUT2D eigenvalue weighted by atomic mass is 16.4. The normalized spacial score (nSPS) is 11.7. The molecule has 0 atom stereocenters. The average Bonchev–Trinajstić information content (AvgIpc) is 2.50. The molecule has 0 heterocycles. The zero-order valence-electron chi connectivity index (χ0n) is 13.6. The number of hydrogen-bond donors (Lipinski definition) is 1. The molecular weight excluding hydrogens is 272 g/mol. The van der Waals surface area contributed by atoms with Crippen molar-refractivity contribution in [2.45, 2.75) is 58.3 Å². The van der Waals surface area contributed by atoms with Gasteiger partial charge in [0.1, 0.15) is 0 Å². The zero-order valence-corrected chi connectivity index (χ0v) is 13.6. The van der Waals surface area contributed by atoms with E-state index in [1.807, 2.05) is 55.5 Å². The van der Waals surface area contributed by atoms with E-state index in [0.29, 0.717) is 6.42 Å². The molecule has 0 aromatic heterocycles. The third-order valence-corrected chi connectivity index (χ3v) is 2.97. The maximum absolute atomic E-state index is 10.3. The van der Waals surface area contributed by atoms with Crippen molar-refractivity contribution in [3.63, 3.8) is 0 Å². The van der Waals surface area contributed by atoms with Crippen LogP contribution >= 0.6 is 0 Å². The van der Waals surface area contributed by atoms with E-state index in [1.54, 1.807) is 0 Å². The summed E-state index contributed by atoms with van der Waals surface area (Å²) >= 11 is 0. The van der Waals surface area contributed by atoms with E-state index in [0.717, 1.165) is 32.1 Å². The lowest BCUT2D eigenvalue weighted by molar-refractivity contribution is -0.137. The average molecular weight is 300 g/mol. The molecule has 0 radical (unpaired) electrons. The van der Waals surface area contributed by atoms with Crippen LogP contribution in [-0.2, 0) is 4.79 Å². The van der Waals surface area contributed by atoms with Crippen molar-refractivity contribution in [1.82, 2.24) is 0 Å². The first-order valence-corrected chi connectivity index (χ1v) is 8.08. The minimum absolute atomic E-state index is 0.303. The Labute approximate surface area is 135 Å². The second-order valence-corrected chi connectivity index (χ2v) is 4.99. The minimum Gasteiger partial charge on any atom is -0.481 e. The second kappa shape index (κ2) is 17.0. The molecule has 0 bridgehead atoms. The lowest BCUT2D eigenvalue weighted by atomic mass is 10.1. The molecule has 0 aromatic carbocycles. The lowest BCUT2D eigenvalue weighted by Crippen LogP contribution is -1.93. The molecular formula is C20H28O2. The monoisotopic (exact) mass is 300 g/mol. The summed E-state index contributed by atoms with van der Waals surface area (Å²) in [6.45, 7) is 1.99. The largest absolute Gasteiger partial charge is 0.481 e. The van der Waals surface area contributed by atoms with E-state index in [2.05, 4.69) is 11.8 Å². The molecule has 0 aliphatic rings. The van der Waals surface area contributed by atoms with Gasteiger partial charge in [-0.2, -0.15) is 0 Å². The van der Waals surface area contributed by atoms with Crippen LogP contribution in [0.25, 0.3) is 0 Å². The van der Waals surface area contributed by atoms with E-state index in [-0.39, 0.29) is 0 Å². The number of rotatable bonds is 11. The summed E-state index contributed by atoms with van der Waals surface area (Å²) in [5.41, 5.74) is 0. The SMILES string of the molecule is C/C=C/C=C/C=C/C=C/C#CCCCCCCCCC(=O)O. The number of hydrogen-bond acceptors (Lipinski definition) is 1. The summed E-state index contributed by atoms with van der Waals surface area (Å²) in [5, 5.41) is 8.51. The number of aliphatic carboxylic acids is 1. The van der Waals surface area contributed by atoms with Gasteiger partial charge in [0.15, 0.2) is 0 Å². The Kier molecular flexibility index (Phi) is 15.5. The van der Waals surface area contributed by atoms with Gasteiger partial charge < -0.3 is 5.11 Å². The summed E-state index contributed by atoms with van der Waals surface area (Å²) in [6.07, 6.45) is 23.4. The molecule has 0 aliphatic carbocycles. The second-order valence-electron chi connectivity index (χ2n) is 4.99. The van der Waals surface area contributed by atoms with Gasteiger partial charge in [-0.15, -0.1) is 0 Å². The molecule has 0 aliphatic heterocycles. The van der Waals surface area contributed by atoms with Crippen LogP contribution < -0.4 is 0 Å². The molecule has 2 nitrogen and oxygen atoms in total. The molecule has 22 heavy (non-hydrogen) atoms. The molecule has 0 saturated carbocycles. The Bertz CT molecular complexity index is 442. The number of carbonyl (C=O) groups is 1. The fraction of sp³-hybridized carbons (Fsp3) is 0.450. The number of carboxylic acid groups (broad SMARTS) is 1. The number of allylic oxidation sites excluding steroid dienone is 8. The molecule has 0 rings (SSSR count). The molecule has 0 unspecified atom stereocenters. The van der Waals surface area contributed by atoms with Gasteiger partial charge in [0, 0.05) is 12.8 Å². The first-order chi connectivity index (χ1) is 10.8. The molecule has 120 valence electrons. The molecule has 0 saturated heterocycles. The van der Waals surface area contributed by atoms with Crippen LogP contribution in [-0.4, -0.2) is 11.1 Å². The third kappa shape index (κ3) is 18.0. The van der Waals surface area contributed by atoms with Gasteiger partial charge in [-0.05, 0) is 25.8 Å². The first-order valence-electron chi connectivity index (χ1n) is 8.08. The highest BCUT2D eigenvalue weighted by Crippen LogP contribution is 2.08. The fourth-order valence-electron chi connectivity index (χ4n) is 1.80. The van der Waals surface area contributed by atoms with Gasteiger partial charge in [0.05, 0.1) is 0 Å². The van der Waals surface area contributed by atoms with E-state index < -0.39 is 5.97 Å². The van der Waals surface area contributed by atoms with E-state index in [1.165, 1.54) is 12.8 Å². The van der Waals surface area contributed by atoms with Crippen LogP contribution in [0.1, 0.15) is 58.3 Å². The van der Waals surface area contributed by atoms with E-state index >= 15 is 0 Å². The fourth-order valence-corrected chi connectivity index (χ4v) is 1.80. The van der Waals surface area contributed by atoms with Crippen molar-refractivity contribution >= 4 is 5.97 Å². The Morgan fingerprint density at radius 1 is 0.864 bits per heavy atom. The van der Waals surface area contributed by atoms with Crippen molar-refractivity contribution in [1.29, 1.82) is 0 Å². The Hall–Kier alpha value is -2.01. The zero-order chi connectivity index (χ0) is 16.3. The minimum atomic E-state index is -0.688. The lowest BCUT2D eigenvalue weighted by Gasteiger charge is -1.98. The van der Waals surface area contributed by atoms with Crippen molar-refractivity contribution in [2.24, 2.45) is 0 Å². The van der Waals surface area contributed by atoms with Crippen LogP contribution in [0.15, 0.2) is 48.6 Å². The maximum atomic E-state index is 10.3. The van der Waals surface area contributed by atoms with Crippen LogP contribution in [0.4, 0.5) is 0 Å². The first kappa shape index (κ1) is 20.0. The molecule has 0 amide bonds. The molecule has 0 aromatic rings. The summed E-state index contributed by atoms with van der Waals surface area (Å²) in [4.78, 5) is 10.3. The van der Waals surface area contributed by atoms with Gasteiger partial charge in [-0.1, -0.05) is 80.1 Å². The third-order valence-electron chi connectivity index (χ3n) is 2.97. The van der Waals surface area contributed by atoms with Crippen molar-refractivity contribution < 1.29 is 9.90 Å². The molecule has 0 fully saturated rings. The van der Waals surface area contributed by atoms with E-state index in [9.17, 15) is 4.79 Å². The standard InChI is InChI=1S/C20H28O2/c1-2-3-4-5-6-7-8-9-10-11-12-13-14-15-16-17-18-19-20(21)22/h2-9H,12-19H2,1H3,(H,21,22)/b3-2+,5-4+,7-6+,9-8+. The summed E-state index contributed by atoms with van der Waals surface area (Å²) in [6, 6.07) is 0. The molecule has 0 spiro atoms. The predicted octanol–water partition coefficient (Wildman–Crippen LogP) is 5.44. The van der Waals surface area contributed by atoms with Gasteiger partial charge in [0.25, 0.3) is 0 Å². The predicted molar refractivity (Wildman–Crippen MR) is 94.6 cm³/mol. The number of carboxylic acids is 1. The number of unbranched alkanes of at least 4 members (excludes halogenated alkanes) is 6. The highest BCUT2D eigenvalue weighted by Gasteiger charge is 1.95. The molecule has 2 heteroatoms. The highest BCUT2D eigenvalue weighted by molar-refractivity contribution is 5.66. The summed E-state index contributed by atoms with van der Waals surface area (Å²) in [7, 11) is 0. The quantitative estimate of drug-likeness (QED) is 0.313. The van der Waals surface area contributed by atoms with Crippen LogP contribution in [0, 0.1) is 11.8 Å². The van der Waals surface area contributed by atoms with Gasteiger partial charge in [-0.3, -0.25) is 4.79 Å². The molecule has 1 N–H and O–H groups in total. The van der Waals surface area contributed by atoms with Crippen molar-refractivity contribution in [2.75, 3.05) is 0 Å². The maximum Gasteiger partial charge on any atom is 0.303 e. The van der Waals surface area contributed by atoms with Gasteiger partial charge in [0.2, 0.25) is 0 Å². The van der Waals surface area contributed by atoms with Crippen molar-refractivity contribution in [3.8, 4) is 11.8 Å². The Morgan fingerprint density at radius 2 is 1.45 bits per heavy atom. The Morgan fingerprint density at radius 3 is 2.14 bits per heavy atom. The van der Waals surface area contributed by atoms with Crippen LogP contribution in [0.5, 0.6) is 0 Å². The van der Waals surface area contributed by atoms with Gasteiger partial charge in [-0.25, -0.2) is 0 Å².